The zero-order valence-electron chi connectivity index (χ0n) is 20.1. The van der Waals surface area contributed by atoms with Crippen LogP contribution in [0.4, 0.5) is 0 Å². The number of hydrogen-bond acceptors (Lipinski definition) is 7. The molecule has 0 aliphatic carbocycles. The second-order valence-electron chi connectivity index (χ2n) is 9.16. The number of amides is 1. The van der Waals surface area contributed by atoms with Crippen LogP contribution in [0.2, 0.25) is 0 Å². The molecule has 0 spiro atoms. The monoisotopic (exact) mass is 473 g/mol. The van der Waals surface area contributed by atoms with E-state index in [9.17, 15) is 14.7 Å². The number of hydrogen-bond donors (Lipinski definition) is 2. The molecule has 10 heteroatoms. The van der Waals surface area contributed by atoms with Crippen molar-refractivity contribution in [2.45, 2.75) is 58.5 Å². The molecule has 3 rings (SSSR count). The van der Waals surface area contributed by atoms with Crippen LogP contribution in [0.25, 0.3) is 0 Å². The maximum atomic E-state index is 12.9. The lowest BCUT2D eigenvalue weighted by atomic mass is 10.0. The molecule has 0 fully saturated rings. The minimum absolute atomic E-state index is 0.0125. The molecular formula is C24H35N5O5. The Morgan fingerprint density at radius 3 is 2.74 bits per heavy atom. The topological polar surface area (TPSA) is 121 Å². The van der Waals surface area contributed by atoms with Crippen LogP contribution < -0.4 is 0 Å². The van der Waals surface area contributed by atoms with Crippen molar-refractivity contribution in [3.8, 4) is 0 Å². The Hall–Kier alpha value is -2.82. The third kappa shape index (κ3) is 6.85. The molecule has 186 valence electrons. The van der Waals surface area contributed by atoms with E-state index in [4.69, 9.17) is 9.84 Å². The first kappa shape index (κ1) is 25.8. The molecule has 0 saturated carbocycles. The third-order valence-electron chi connectivity index (χ3n) is 6.28. The lowest BCUT2D eigenvalue weighted by Gasteiger charge is -2.35. The lowest BCUT2D eigenvalue weighted by Crippen LogP contribution is -2.47. The molecule has 1 aliphatic heterocycles. The SMILES string of the molecule is C[C@H]1CN([C@@H](C)CO)C(=O)CCCn2nncc2CO[C@@H]1CN(C)Cc1ccc(C(=O)O)cc1. The predicted octanol–water partition coefficient (Wildman–Crippen LogP) is 1.63. The Morgan fingerprint density at radius 1 is 1.32 bits per heavy atom. The van der Waals surface area contributed by atoms with Crippen molar-refractivity contribution in [1.29, 1.82) is 0 Å². The summed E-state index contributed by atoms with van der Waals surface area (Å²) in [6.45, 7) is 6.50. The Labute approximate surface area is 200 Å². The average molecular weight is 474 g/mol. The number of carbonyl (C=O) groups excluding carboxylic acids is 1. The standard InChI is InChI=1S/C24H35N5O5/c1-17-12-28(18(2)15-30)23(31)5-4-10-29-21(11-25-26-29)16-34-22(17)14-27(3)13-19-6-8-20(9-7-19)24(32)33/h6-9,11,17-18,22,30H,4-5,10,12-16H2,1-3H3,(H,32,33)/t17-,18-,22+/m0/s1. The number of aromatic nitrogens is 3. The summed E-state index contributed by atoms with van der Waals surface area (Å²) in [6, 6.07) is 6.58. The fourth-order valence-electron chi connectivity index (χ4n) is 4.18. The first-order valence-corrected chi connectivity index (χ1v) is 11.7. The minimum Gasteiger partial charge on any atom is -0.478 e. The van der Waals surface area contributed by atoms with Crippen molar-refractivity contribution in [2.75, 3.05) is 26.7 Å². The number of aromatic carboxylic acids is 1. The maximum Gasteiger partial charge on any atom is 0.335 e. The molecule has 0 radical (unpaired) electrons. The van der Waals surface area contributed by atoms with E-state index < -0.39 is 5.97 Å². The second-order valence-corrected chi connectivity index (χ2v) is 9.16. The zero-order chi connectivity index (χ0) is 24.7. The minimum atomic E-state index is -0.944. The Kier molecular flexibility index (Phi) is 9.14. The van der Waals surface area contributed by atoms with E-state index in [-0.39, 0.29) is 36.1 Å². The molecule has 1 aliphatic rings. The number of aliphatic hydroxyl groups excluding tert-OH is 1. The third-order valence-corrected chi connectivity index (χ3v) is 6.28. The Balaban J connectivity index is 1.75. The van der Waals surface area contributed by atoms with Crippen molar-refractivity contribution in [3.05, 3.63) is 47.3 Å². The summed E-state index contributed by atoms with van der Waals surface area (Å²) in [5.74, 6) is -0.917. The molecule has 1 amide bonds. The summed E-state index contributed by atoms with van der Waals surface area (Å²) < 4.78 is 8.13. The van der Waals surface area contributed by atoms with Gasteiger partial charge in [0.1, 0.15) is 0 Å². The molecule has 1 aromatic heterocycles. The number of ether oxygens (including phenoxy) is 1. The van der Waals surface area contributed by atoms with Gasteiger partial charge in [-0.1, -0.05) is 24.3 Å². The van der Waals surface area contributed by atoms with Crippen LogP contribution in [0.15, 0.2) is 30.5 Å². The van der Waals surface area contributed by atoms with Gasteiger partial charge in [0, 0.05) is 38.5 Å². The molecule has 1 aromatic carbocycles. The number of carboxylic acids is 1. The van der Waals surface area contributed by atoms with Gasteiger partial charge in [0.05, 0.1) is 42.8 Å². The van der Waals surface area contributed by atoms with Crippen molar-refractivity contribution >= 4 is 11.9 Å². The van der Waals surface area contributed by atoms with E-state index in [1.165, 1.54) is 0 Å². The second kappa shape index (κ2) is 12.0. The molecule has 10 nitrogen and oxygen atoms in total. The van der Waals surface area contributed by atoms with Gasteiger partial charge >= 0.3 is 5.97 Å². The molecule has 2 aromatic rings. The number of nitrogens with zero attached hydrogens (tertiary/aromatic N) is 5. The smallest absolute Gasteiger partial charge is 0.335 e. The Morgan fingerprint density at radius 2 is 2.06 bits per heavy atom. The maximum absolute atomic E-state index is 12.9. The predicted molar refractivity (Wildman–Crippen MR) is 125 cm³/mol. The molecule has 3 atom stereocenters. The highest BCUT2D eigenvalue weighted by Crippen LogP contribution is 2.19. The molecule has 2 N–H and O–H groups in total. The van der Waals surface area contributed by atoms with Gasteiger partial charge in [0.25, 0.3) is 0 Å². The molecule has 0 bridgehead atoms. The van der Waals surface area contributed by atoms with Crippen molar-refractivity contribution < 1.29 is 24.5 Å². The van der Waals surface area contributed by atoms with Gasteiger partial charge < -0.3 is 19.8 Å². The van der Waals surface area contributed by atoms with E-state index in [0.29, 0.717) is 45.6 Å². The van der Waals surface area contributed by atoms with Gasteiger partial charge in [-0.15, -0.1) is 5.10 Å². The summed E-state index contributed by atoms with van der Waals surface area (Å²) in [5.41, 5.74) is 2.13. The van der Waals surface area contributed by atoms with Crippen LogP contribution in [0.1, 0.15) is 48.3 Å². The van der Waals surface area contributed by atoms with Gasteiger partial charge in [-0.25, -0.2) is 9.48 Å². The number of fused-ring (bicyclic) bond motifs is 1. The highest BCUT2D eigenvalue weighted by atomic mass is 16.5. The summed E-state index contributed by atoms with van der Waals surface area (Å²) in [5, 5.41) is 27.0. The van der Waals surface area contributed by atoms with E-state index in [0.717, 1.165) is 11.3 Å². The zero-order valence-corrected chi connectivity index (χ0v) is 20.1. The first-order valence-electron chi connectivity index (χ1n) is 11.7. The highest BCUT2D eigenvalue weighted by molar-refractivity contribution is 5.87. The fraction of sp³-hybridized carbons (Fsp3) is 0.583. The fourth-order valence-corrected chi connectivity index (χ4v) is 4.18. The van der Waals surface area contributed by atoms with Crippen molar-refractivity contribution in [1.82, 2.24) is 24.8 Å². The van der Waals surface area contributed by atoms with E-state index in [2.05, 4.69) is 22.1 Å². The number of carbonyl (C=O) groups is 2. The van der Waals surface area contributed by atoms with E-state index in [1.807, 2.05) is 26.1 Å². The van der Waals surface area contributed by atoms with Crippen LogP contribution in [0, 0.1) is 5.92 Å². The van der Waals surface area contributed by atoms with Crippen molar-refractivity contribution in [3.63, 3.8) is 0 Å². The van der Waals surface area contributed by atoms with Gasteiger partial charge in [-0.05, 0) is 38.1 Å². The van der Waals surface area contributed by atoms with Crippen LogP contribution in [0.3, 0.4) is 0 Å². The van der Waals surface area contributed by atoms with Crippen LogP contribution in [-0.2, 0) is 29.2 Å². The van der Waals surface area contributed by atoms with E-state index in [1.54, 1.807) is 27.9 Å². The first-order chi connectivity index (χ1) is 16.3. The Bertz CT molecular complexity index is 947. The number of benzene rings is 1. The van der Waals surface area contributed by atoms with Gasteiger partial charge in [0.2, 0.25) is 5.91 Å². The molecule has 0 unspecified atom stereocenters. The number of aryl methyl sites for hydroxylation is 1. The molecule has 34 heavy (non-hydrogen) atoms. The quantitative estimate of drug-likeness (QED) is 0.623. The normalized spacial score (nSPS) is 21.0. The van der Waals surface area contributed by atoms with Gasteiger partial charge in [-0.2, -0.15) is 0 Å². The molecule has 0 saturated heterocycles. The summed E-state index contributed by atoms with van der Waals surface area (Å²) in [6.07, 6.45) is 2.54. The number of likely N-dealkylation sites (N-methyl/N-ethyl adjacent to an activating group) is 1. The van der Waals surface area contributed by atoms with Crippen LogP contribution in [0.5, 0.6) is 0 Å². The average Bonchev–Trinajstić information content (AvgIpc) is 3.26. The van der Waals surface area contributed by atoms with Gasteiger partial charge in [-0.3, -0.25) is 9.69 Å². The molecule has 2 heterocycles. The lowest BCUT2D eigenvalue weighted by molar-refractivity contribution is -0.136. The largest absolute Gasteiger partial charge is 0.478 e. The van der Waals surface area contributed by atoms with Crippen LogP contribution >= 0.6 is 0 Å². The number of rotatable bonds is 7. The summed E-state index contributed by atoms with van der Waals surface area (Å²) in [4.78, 5) is 27.9. The van der Waals surface area contributed by atoms with Gasteiger partial charge in [0.15, 0.2) is 0 Å². The number of carboxylic acid groups (broad SMARTS) is 1. The van der Waals surface area contributed by atoms with Crippen LogP contribution in [-0.4, -0.2) is 85.8 Å². The summed E-state index contributed by atoms with van der Waals surface area (Å²) in [7, 11) is 1.99. The van der Waals surface area contributed by atoms with Crippen molar-refractivity contribution in [2.24, 2.45) is 5.92 Å². The summed E-state index contributed by atoms with van der Waals surface area (Å²) >= 11 is 0. The highest BCUT2D eigenvalue weighted by Gasteiger charge is 2.28. The number of aliphatic hydroxyl groups is 1. The molecular weight excluding hydrogens is 438 g/mol. The van der Waals surface area contributed by atoms with E-state index >= 15 is 0 Å².